The molecule has 0 aliphatic carbocycles. The fourth-order valence-corrected chi connectivity index (χ4v) is 2.00. The minimum atomic E-state index is 0.366. The first-order valence-electron chi connectivity index (χ1n) is 5.38. The fourth-order valence-electron chi connectivity index (χ4n) is 1.36. The van der Waals surface area contributed by atoms with Crippen LogP contribution in [0.5, 0.6) is 0 Å². The Hall–Kier alpha value is -0.640. The third kappa shape index (κ3) is 3.16. The van der Waals surface area contributed by atoms with Crippen molar-refractivity contribution in [3.63, 3.8) is 0 Å². The van der Waals surface area contributed by atoms with E-state index in [0.29, 0.717) is 11.7 Å². The van der Waals surface area contributed by atoms with Crippen LogP contribution in [0.15, 0.2) is 4.47 Å². The minimum Gasteiger partial charge on any atom is -0.383 e. The number of halogens is 1. The van der Waals surface area contributed by atoms with Gasteiger partial charge in [-0.15, -0.1) is 0 Å². The summed E-state index contributed by atoms with van der Waals surface area (Å²) in [6.07, 6.45) is 3.17. The van der Waals surface area contributed by atoms with Crippen molar-refractivity contribution < 1.29 is 0 Å². The molecule has 1 rings (SSSR count). The van der Waals surface area contributed by atoms with Crippen LogP contribution < -0.4 is 5.73 Å². The summed E-state index contributed by atoms with van der Waals surface area (Å²) in [6.45, 7) is 6.37. The first kappa shape index (κ1) is 12.4. The Kier molecular flexibility index (Phi) is 4.51. The van der Waals surface area contributed by atoms with Gasteiger partial charge in [-0.05, 0) is 28.3 Å². The van der Waals surface area contributed by atoms with Crippen molar-refractivity contribution in [3.8, 4) is 0 Å². The van der Waals surface area contributed by atoms with Gasteiger partial charge in [-0.25, -0.2) is 9.97 Å². The zero-order valence-corrected chi connectivity index (χ0v) is 11.1. The van der Waals surface area contributed by atoms with E-state index in [0.717, 1.165) is 35.3 Å². The molecule has 0 bridgehead atoms. The van der Waals surface area contributed by atoms with Crippen LogP contribution in [0, 0.1) is 0 Å². The second-order valence-electron chi connectivity index (χ2n) is 3.98. The number of nitrogens with two attached hydrogens (primary N) is 1. The van der Waals surface area contributed by atoms with Crippen molar-refractivity contribution in [3.05, 3.63) is 16.0 Å². The van der Waals surface area contributed by atoms with Crippen molar-refractivity contribution in [2.45, 2.75) is 46.0 Å². The highest BCUT2D eigenvalue weighted by molar-refractivity contribution is 9.10. The Morgan fingerprint density at radius 1 is 1.33 bits per heavy atom. The van der Waals surface area contributed by atoms with E-state index in [1.165, 1.54) is 0 Å². The van der Waals surface area contributed by atoms with Crippen molar-refractivity contribution in [2.24, 2.45) is 0 Å². The third-order valence-corrected chi connectivity index (χ3v) is 3.06. The second-order valence-corrected chi connectivity index (χ2v) is 4.78. The molecule has 0 saturated carbocycles. The average Bonchev–Trinajstić information content (AvgIpc) is 2.19. The van der Waals surface area contributed by atoms with Crippen LogP contribution in [0.4, 0.5) is 5.82 Å². The molecule has 0 aliphatic heterocycles. The van der Waals surface area contributed by atoms with E-state index in [4.69, 9.17) is 5.73 Å². The molecule has 1 aromatic heterocycles. The molecule has 3 nitrogen and oxygen atoms in total. The largest absolute Gasteiger partial charge is 0.383 e. The molecule has 0 amide bonds. The Morgan fingerprint density at radius 3 is 2.53 bits per heavy atom. The standard InChI is InChI=1S/C11H18BrN3/c1-4-5-6-8-14-10(7(2)3)9(12)11(13)15-8/h7H,4-6H2,1-3H3,(H2,13,14,15). The number of nitrogens with zero attached hydrogens (tertiary/aromatic N) is 2. The summed E-state index contributed by atoms with van der Waals surface area (Å²) in [4.78, 5) is 8.81. The van der Waals surface area contributed by atoms with Gasteiger partial charge in [-0.2, -0.15) is 0 Å². The number of anilines is 1. The lowest BCUT2D eigenvalue weighted by Gasteiger charge is -2.11. The normalized spacial score (nSPS) is 11.0. The van der Waals surface area contributed by atoms with Gasteiger partial charge in [0, 0.05) is 6.42 Å². The predicted molar refractivity (Wildman–Crippen MR) is 66.8 cm³/mol. The number of rotatable bonds is 4. The topological polar surface area (TPSA) is 51.8 Å². The van der Waals surface area contributed by atoms with Crippen LogP contribution in [0.2, 0.25) is 0 Å². The molecular formula is C11H18BrN3. The summed E-state index contributed by atoms with van der Waals surface area (Å²) < 4.78 is 0.845. The predicted octanol–water partition coefficient (Wildman–Crippen LogP) is 3.29. The SMILES string of the molecule is CCCCc1nc(N)c(Br)c(C(C)C)n1. The summed E-state index contributed by atoms with van der Waals surface area (Å²) >= 11 is 3.43. The van der Waals surface area contributed by atoms with E-state index in [2.05, 4.69) is 46.7 Å². The Bertz CT molecular complexity index is 337. The zero-order chi connectivity index (χ0) is 11.4. The molecule has 0 radical (unpaired) electrons. The number of hydrogen-bond donors (Lipinski definition) is 1. The maximum Gasteiger partial charge on any atom is 0.141 e. The van der Waals surface area contributed by atoms with E-state index in [1.807, 2.05) is 0 Å². The number of aromatic nitrogens is 2. The first-order valence-corrected chi connectivity index (χ1v) is 6.17. The smallest absolute Gasteiger partial charge is 0.141 e. The van der Waals surface area contributed by atoms with Gasteiger partial charge < -0.3 is 5.73 Å². The van der Waals surface area contributed by atoms with Crippen molar-refractivity contribution in [2.75, 3.05) is 5.73 Å². The first-order chi connectivity index (χ1) is 7.06. The highest BCUT2D eigenvalue weighted by atomic mass is 79.9. The van der Waals surface area contributed by atoms with Gasteiger partial charge in [0.05, 0.1) is 10.2 Å². The van der Waals surface area contributed by atoms with Crippen LogP contribution in [-0.2, 0) is 6.42 Å². The Balaban J connectivity index is 3.00. The lowest BCUT2D eigenvalue weighted by Crippen LogP contribution is -2.06. The number of aryl methyl sites for hydroxylation is 1. The maximum atomic E-state index is 5.83. The van der Waals surface area contributed by atoms with Crippen LogP contribution >= 0.6 is 15.9 Å². The summed E-state index contributed by atoms with van der Waals surface area (Å²) in [7, 11) is 0. The van der Waals surface area contributed by atoms with E-state index >= 15 is 0 Å². The molecular weight excluding hydrogens is 254 g/mol. The molecule has 2 N–H and O–H groups in total. The molecule has 0 unspecified atom stereocenters. The molecule has 0 atom stereocenters. The molecule has 0 spiro atoms. The summed E-state index contributed by atoms with van der Waals surface area (Å²) in [6, 6.07) is 0. The molecule has 84 valence electrons. The second kappa shape index (κ2) is 5.45. The molecule has 1 aromatic rings. The number of nitrogen functional groups attached to an aromatic ring is 1. The van der Waals surface area contributed by atoms with Crippen molar-refractivity contribution in [1.29, 1.82) is 0 Å². The van der Waals surface area contributed by atoms with Gasteiger partial charge in [0.1, 0.15) is 11.6 Å². The average molecular weight is 272 g/mol. The molecule has 1 heterocycles. The quantitative estimate of drug-likeness (QED) is 0.915. The van der Waals surface area contributed by atoms with Crippen molar-refractivity contribution in [1.82, 2.24) is 9.97 Å². The lowest BCUT2D eigenvalue weighted by molar-refractivity contribution is 0.724. The molecule has 0 aliphatic rings. The number of unbranched alkanes of at least 4 members (excludes halogenated alkanes) is 1. The highest BCUT2D eigenvalue weighted by Gasteiger charge is 2.12. The van der Waals surface area contributed by atoms with Gasteiger partial charge in [0.25, 0.3) is 0 Å². The maximum absolute atomic E-state index is 5.83. The van der Waals surface area contributed by atoms with Crippen LogP contribution in [0.3, 0.4) is 0 Å². The van der Waals surface area contributed by atoms with Gasteiger partial charge in [0.15, 0.2) is 0 Å². The third-order valence-electron chi connectivity index (χ3n) is 2.25. The Labute approximate surface area is 99.6 Å². The number of hydrogen-bond acceptors (Lipinski definition) is 3. The van der Waals surface area contributed by atoms with Crippen LogP contribution in [0.25, 0.3) is 0 Å². The van der Waals surface area contributed by atoms with Gasteiger partial charge >= 0.3 is 0 Å². The van der Waals surface area contributed by atoms with E-state index in [1.54, 1.807) is 0 Å². The molecule has 0 fully saturated rings. The van der Waals surface area contributed by atoms with Crippen LogP contribution in [-0.4, -0.2) is 9.97 Å². The molecule has 4 heteroatoms. The molecule has 0 aromatic carbocycles. The van der Waals surface area contributed by atoms with Crippen LogP contribution in [0.1, 0.15) is 51.0 Å². The van der Waals surface area contributed by atoms with E-state index in [9.17, 15) is 0 Å². The molecule has 0 saturated heterocycles. The Morgan fingerprint density at radius 2 is 2.00 bits per heavy atom. The fraction of sp³-hybridized carbons (Fsp3) is 0.636. The lowest BCUT2D eigenvalue weighted by atomic mass is 10.1. The zero-order valence-electron chi connectivity index (χ0n) is 9.55. The summed E-state index contributed by atoms with van der Waals surface area (Å²) in [5.41, 5.74) is 6.84. The molecule has 15 heavy (non-hydrogen) atoms. The monoisotopic (exact) mass is 271 g/mol. The minimum absolute atomic E-state index is 0.366. The van der Waals surface area contributed by atoms with Gasteiger partial charge in [0.2, 0.25) is 0 Å². The van der Waals surface area contributed by atoms with Gasteiger partial charge in [-0.3, -0.25) is 0 Å². The van der Waals surface area contributed by atoms with E-state index < -0.39 is 0 Å². The summed E-state index contributed by atoms with van der Waals surface area (Å²) in [5, 5.41) is 0. The van der Waals surface area contributed by atoms with Gasteiger partial charge in [-0.1, -0.05) is 27.2 Å². The van der Waals surface area contributed by atoms with Crippen molar-refractivity contribution >= 4 is 21.7 Å². The van der Waals surface area contributed by atoms with E-state index in [-0.39, 0.29) is 0 Å². The summed E-state index contributed by atoms with van der Waals surface area (Å²) in [5.74, 6) is 1.78. The highest BCUT2D eigenvalue weighted by Crippen LogP contribution is 2.27.